The third-order valence-electron chi connectivity index (χ3n) is 2.75. The minimum Gasteiger partial charge on any atom is -0.489 e. The summed E-state index contributed by atoms with van der Waals surface area (Å²) in [5, 5.41) is 0.501. The minimum atomic E-state index is -0.0525. The molecule has 0 spiro atoms. The first kappa shape index (κ1) is 13.2. The highest BCUT2D eigenvalue weighted by atomic mass is 35.5. The number of fused-ring (bicyclic) bond motifs is 1. The Labute approximate surface area is 112 Å². The number of ether oxygens (including phenoxy) is 2. The summed E-state index contributed by atoms with van der Waals surface area (Å²) in [6.07, 6.45) is 0.361. The van der Waals surface area contributed by atoms with E-state index in [-0.39, 0.29) is 11.2 Å². The van der Waals surface area contributed by atoms with Gasteiger partial charge >= 0.3 is 0 Å². The van der Waals surface area contributed by atoms with Crippen LogP contribution in [0.1, 0.15) is 26.3 Å². The lowest BCUT2D eigenvalue weighted by atomic mass is 9.97. The van der Waals surface area contributed by atoms with E-state index in [2.05, 4.69) is 13.8 Å². The van der Waals surface area contributed by atoms with Gasteiger partial charge in [-0.05, 0) is 24.6 Å². The van der Waals surface area contributed by atoms with E-state index >= 15 is 0 Å². The van der Waals surface area contributed by atoms with Gasteiger partial charge in [0.1, 0.15) is 5.78 Å². The largest absolute Gasteiger partial charge is 0.489 e. The molecule has 0 aromatic heterocycles. The lowest BCUT2D eigenvalue weighted by molar-refractivity contribution is -0.116. The van der Waals surface area contributed by atoms with E-state index in [9.17, 15) is 4.79 Å². The Bertz CT molecular complexity index is 480. The molecule has 0 atom stereocenters. The molecule has 1 aliphatic rings. The number of carbonyl (C=O) groups is 1. The van der Waals surface area contributed by atoms with Crippen LogP contribution < -0.4 is 9.47 Å². The van der Waals surface area contributed by atoms with Crippen molar-refractivity contribution >= 4 is 17.4 Å². The molecule has 4 heteroatoms. The molecule has 18 heavy (non-hydrogen) atoms. The molecular weight excluding hydrogens is 252 g/mol. The van der Waals surface area contributed by atoms with Crippen LogP contribution in [0.5, 0.6) is 11.5 Å². The van der Waals surface area contributed by atoms with Gasteiger partial charge < -0.3 is 9.47 Å². The molecule has 0 fully saturated rings. The minimum absolute atomic E-state index is 0.0525. The first-order valence-corrected chi connectivity index (χ1v) is 6.33. The molecule has 2 rings (SSSR count). The normalized spacial score (nSPS) is 17.1. The summed E-state index contributed by atoms with van der Waals surface area (Å²) in [6, 6.07) is 3.60. The number of hydrogen-bond donors (Lipinski definition) is 0. The zero-order chi connectivity index (χ0) is 13.3. The van der Waals surface area contributed by atoms with Crippen LogP contribution in [0.25, 0.3) is 0 Å². The second kappa shape index (κ2) is 4.81. The van der Waals surface area contributed by atoms with Crippen molar-refractivity contribution in [2.45, 2.75) is 27.2 Å². The molecule has 0 saturated carbocycles. The fourth-order valence-corrected chi connectivity index (χ4v) is 2.13. The van der Waals surface area contributed by atoms with Gasteiger partial charge in [-0.15, -0.1) is 0 Å². The number of halogens is 1. The Morgan fingerprint density at radius 1 is 1.33 bits per heavy atom. The molecule has 0 unspecified atom stereocenters. The maximum Gasteiger partial charge on any atom is 0.179 e. The smallest absolute Gasteiger partial charge is 0.179 e. The van der Waals surface area contributed by atoms with Crippen LogP contribution in [0.15, 0.2) is 12.1 Å². The predicted molar refractivity (Wildman–Crippen MR) is 70.6 cm³/mol. The second-order valence-corrected chi connectivity index (χ2v) is 5.93. The molecule has 3 nitrogen and oxygen atoms in total. The van der Waals surface area contributed by atoms with Crippen molar-refractivity contribution in [1.82, 2.24) is 0 Å². The Kier molecular flexibility index (Phi) is 3.53. The average molecular weight is 269 g/mol. The van der Waals surface area contributed by atoms with E-state index in [1.165, 1.54) is 0 Å². The van der Waals surface area contributed by atoms with E-state index in [0.29, 0.717) is 36.2 Å². The van der Waals surface area contributed by atoms with Crippen LogP contribution in [0.4, 0.5) is 0 Å². The summed E-state index contributed by atoms with van der Waals surface area (Å²) in [7, 11) is 0. The third kappa shape index (κ3) is 2.96. The molecule has 0 aliphatic carbocycles. The van der Waals surface area contributed by atoms with Crippen LogP contribution in [-0.4, -0.2) is 19.0 Å². The summed E-state index contributed by atoms with van der Waals surface area (Å²) in [6.45, 7) is 6.83. The average Bonchev–Trinajstić information content (AvgIpc) is 2.37. The predicted octanol–water partition coefficient (Wildman–Crippen LogP) is 3.27. The fraction of sp³-hybridized carbons (Fsp3) is 0.500. The van der Waals surface area contributed by atoms with Crippen molar-refractivity contribution in [3.05, 3.63) is 22.7 Å². The van der Waals surface area contributed by atoms with Crippen LogP contribution in [-0.2, 0) is 11.2 Å². The number of rotatable bonds is 2. The maximum absolute atomic E-state index is 11.1. The fourth-order valence-electron chi connectivity index (χ4n) is 1.84. The first-order valence-electron chi connectivity index (χ1n) is 5.95. The zero-order valence-corrected chi connectivity index (χ0v) is 11.6. The van der Waals surface area contributed by atoms with Crippen LogP contribution in [0.3, 0.4) is 0 Å². The first-order chi connectivity index (χ1) is 8.37. The highest BCUT2D eigenvalue weighted by Gasteiger charge is 2.26. The number of carbonyl (C=O) groups excluding carboxylic acids is 1. The Hall–Kier alpha value is -1.22. The monoisotopic (exact) mass is 268 g/mol. The van der Waals surface area contributed by atoms with Crippen LogP contribution in [0.2, 0.25) is 5.02 Å². The Morgan fingerprint density at radius 3 is 2.67 bits per heavy atom. The summed E-state index contributed by atoms with van der Waals surface area (Å²) < 4.78 is 11.5. The van der Waals surface area contributed by atoms with Gasteiger partial charge in [0.15, 0.2) is 11.5 Å². The summed E-state index contributed by atoms with van der Waals surface area (Å²) in [5.41, 5.74) is 0.804. The lowest BCUT2D eigenvalue weighted by Crippen LogP contribution is -2.26. The molecule has 1 aromatic carbocycles. The quantitative estimate of drug-likeness (QED) is 0.826. The number of benzene rings is 1. The molecule has 98 valence electrons. The van der Waals surface area contributed by atoms with E-state index < -0.39 is 0 Å². The van der Waals surface area contributed by atoms with Crippen molar-refractivity contribution in [3.63, 3.8) is 0 Å². The molecule has 1 aliphatic heterocycles. The highest BCUT2D eigenvalue weighted by Crippen LogP contribution is 2.40. The van der Waals surface area contributed by atoms with Crippen LogP contribution >= 0.6 is 11.6 Å². The van der Waals surface area contributed by atoms with Gasteiger partial charge in [-0.1, -0.05) is 25.4 Å². The van der Waals surface area contributed by atoms with Gasteiger partial charge in [-0.25, -0.2) is 0 Å². The van der Waals surface area contributed by atoms with Crippen molar-refractivity contribution in [2.75, 3.05) is 13.2 Å². The molecule has 0 radical (unpaired) electrons. The molecule has 0 amide bonds. The zero-order valence-electron chi connectivity index (χ0n) is 10.9. The molecular formula is C14H17ClO3. The molecule has 0 saturated heterocycles. The van der Waals surface area contributed by atoms with Crippen molar-refractivity contribution < 1.29 is 14.3 Å². The Morgan fingerprint density at radius 2 is 2.00 bits per heavy atom. The van der Waals surface area contributed by atoms with E-state index in [4.69, 9.17) is 21.1 Å². The van der Waals surface area contributed by atoms with E-state index in [1.807, 2.05) is 6.07 Å². The third-order valence-corrected chi connectivity index (χ3v) is 3.03. The van der Waals surface area contributed by atoms with Crippen molar-refractivity contribution in [3.8, 4) is 11.5 Å². The topological polar surface area (TPSA) is 35.5 Å². The van der Waals surface area contributed by atoms with E-state index in [0.717, 1.165) is 5.56 Å². The summed E-state index contributed by atoms with van der Waals surface area (Å²) in [4.78, 5) is 11.1. The van der Waals surface area contributed by atoms with Crippen molar-refractivity contribution in [1.29, 1.82) is 0 Å². The number of hydrogen-bond acceptors (Lipinski definition) is 3. The summed E-state index contributed by atoms with van der Waals surface area (Å²) >= 11 is 6.18. The number of ketones is 1. The molecule has 0 bridgehead atoms. The van der Waals surface area contributed by atoms with Gasteiger partial charge in [0.25, 0.3) is 0 Å². The maximum atomic E-state index is 11.1. The number of Topliss-reactive ketones (excluding diaryl/α,β-unsaturated/α-hetero) is 1. The van der Waals surface area contributed by atoms with Gasteiger partial charge in [-0.2, -0.15) is 0 Å². The Balaban J connectivity index is 2.33. The second-order valence-electron chi connectivity index (χ2n) is 5.53. The lowest BCUT2D eigenvalue weighted by Gasteiger charge is -2.19. The van der Waals surface area contributed by atoms with Gasteiger partial charge in [0, 0.05) is 11.8 Å². The van der Waals surface area contributed by atoms with E-state index in [1.54, 1.807) is 13.0 Å². The van der Waals surface area contributed by atoms with Crippen molar-refractivity contribution in [2.24, 2.45) is 5.41 Å². The molecule has 0 N–H and O–H groups in total. The molecule has 1 heterocycles. The highest BCUT2D eigenvalue weighted by molar-refractivity contribution is 6.32. The van der Waals surface area contributed by atoms with Gasteiger partial charge in [-0.3, -0.25) is 4.79 Å². The SMILES string of the molecule is CC(=O)Cc1cc(Cl)c2c(c1)OCC(C)(C)CO2. The standard InChI is InChI=1S/C14H17ClO3/c1-9(16)4-10-5-11(15)13-12(6-10)17-7-14(2,3)8-18-13/h5-6H,4,7-8H2,1-3H3. The van der Waals surface area contributed by atoms with Gasteiger partial charge in [0.05, 0.1) is 18.2 Å². The van der Waals surface area contributed by atoms with Crippen LogP contribution in [0, 0.1) is 5.41 Å². The molecule has 1 aromatic rings. The van der Waals surface area contributed by atoms with Gasteiger partial charge in [0.2, 0.25) is 0 Å². The summed E-state index contributed by atoms with van der Waals surface area (Å²) in [5.74, 6) is 1.31.